The van der Waals surface area contributed by atoms with Gasteiger partial charge < -0.3 is 0 Å². The minimum Gasteiger partial charge on any atom is -0.206 e. The Hall–Kier alpha value is -2.57. The molecule has 0 bridgehead atoms. The van der Waals surface area contributed by atoms with E-state index in [2.05, 4.69) is 35.0 Å². The second kappa shape index (κ2) is 8.66. The molecule has 2 aromatic heterocycles. The molecule has 4 rings (SSSR count). The fraction of sp³-hybridized carbons (Fsp3) is 0.0870. The molecule has 0 N–H and O–H groups in total. The Morgan fingerprint density at radius 1 is 0.933 bits per heavy atom. The van der Waals surface area contributed by atoms with Crippen molar-refractivity contribution in [2.24, 2.45) is 4.99 Å². The maximum absolute atomic E-state index is 14.8. The second-order valence-electron chi connectivity index (χ2n) is 6.56. The zero-order chi connectivity index (χ0) is 21.3. The standard InChI is InChI=1S/C23H14F3NS3/c1-2-3-4-15-10-21-22(29-15)11-20(30-21)14-8-17(25)23(18(26)9-14)13-5-6-19(27-12-28)16(24)7-13/h2,5-11H,1,3-4H2. The Morgan fingerprint density at radius 2 is 1.63 bits per heavy atom. The topological polar surface area (TPSA) is 12.4 Å². The summed E-state index contributed by atoms with van der Waals surface area (Å²) in [6, 6.07) is 10.4. The summed E-state index contributed by atoms with van der Waals surface area (Å²) >= 11 is 7.64. The van der Waals surface area contributed by atoms with Crippen LogP contribution in [0.5, 0.6) is 0 Å². The van der Waals surface area contributed by atoms with Gasteiger partial charge in [-0.15, -0.1) is 29.3 Å². The highest BCUT2D eigenvalue weighted by Gasteiger charge is 2.17. The Bertz CT molecular complexity index is 1260. The molecule has 0 amide bonds. The molecule has 7 heteroatoms. The Kier molecular flexibility index (Phi) is 5.97. The number of rotatable bonds is 6. The maximum atomic E-state index is 14.8. The van der Waals surface area contributed by atoms with Crippen LogP contribution in [0.3, 0.4) is 0 Å². The average Bonchev–Trinajstić information content (AvgIpc) is 3.27. The smallest absolute Gasteiger partial charge is 0.150 e. The number of aliphatic imine (C=N–C) groups is 1. The third-order valence-electron chi connectivity index (χ3n) is 4.58. The molecule has 2 aromatic carbocycles. The van der Waals surface area contributed by atoms with Crippen LogP contribution in [0, 0.1) is 17.5 Å². The average molecular weight is 458 g/mol. The van der Waals surface area contributed by atoms with Crippen LogP contribution >= 0.6 is 34.9 Å². The molecule has 0 spiro atoms. The van der Waals surface area contributed by atoms with E-state index in [0.29, 0.717) is 5.56 Å². The number of halogens is 3. The highest BCUT2D eigenvalue weighted by Crippen LogP contribution is 2.40. The van der Waals surface area contributed by atoms with Crippen molar-refractivity contribution in [3.63, 3.8) is 0 Å². The first kappa shape index (κ1) is 20.7. The van der Waals surface area contributed by atoms with Gasteiger partial charge in [-0.2, -0.15) is 4.99 Å². The number of nitrogens with zero attached hydrogens (tertiary/aromatic N) is 1. The first-order chi connectivity index (χ1) is 14.5. The lowest BCUT2D eigenvalue weighted by molar-refractivity contribution is 0.589. The normalized spacial score (nSPS) is 10.9. The molecule has 0 saturated heterocycles. The van der Waals surface area contributed by atoms with Crippen LogP contribution in [0.25, 0.3) is 31.0 Å². The number of hydrogen-bond donors (Lipinski definition) is 0. The van der Waals surface area contributed by atoms with E-state index in [1.165, 1.54) is 40.5 Å². The van der Waals surface area contributed by atoms with Gasteiger partial charge in [0.2, 0.25) is 0 Å². The summed E-state index contributed by atoms with van der Waals surface area (Å²) in [6.45, 7) is 3.74. The van der Waals surface area contributed by atoms with Gasteiger partial charge in [0.15, 0.2) is 0 Å². The number of allylic oxidation sites excluding steroid dienone is 1. The molecule has 0 aliphatic rings. The van der Waals surface area contributed by atoms with E-state index >= 15 is 0 Å². The molecule has 0 aliphatic heterocycles. The van der Waals surface area contributed by atoms with Crippen LogP contribution in [-0.4, -0.2) is 5.16 Å². The third-order valence-corrected chi connectivity index (χ3v) is 7.08. The summed E-state index contributed by atoms with van der Waals surface area (Å²) in [5.74, 6) is -2.23. The van der Waals surface area contributed by atoms with Crippen LogP contribution in [-0.2, 0) is 6.42 Å². The number of isothiocyanates is 1. The van der Waals surface area contributed by atoms with Gasteiger partial charge in [0.25, 0.3) is 0 Å². The molecule has 0 aliphatic carbocycles. The lowest BCUT2D eigenvalue weighted by Gasteiger charge is -2.08. The van der Waals surface area contributed by atoms with Crippen LogP contribution in [0.15, 0.2) is 60.1 Å². The maximum Gasteiger partial charge on any atom is 0.150 e. The van der Waals surface area contributed by atoms with Gasteiger partial charge in [-0.3, -0.25) is 0 Å². The van der Waals surface area contributed by atoms with Crippen molar-refractivity contribution in [3.05, 3.63) is 77.4 Å². The van der Waals surface area contributed by atoms with Gasteiger partial charge in [-0.1, -0.05) is 12.1 Å². The first-order valence-electron chi connectivity index (χ1n) is 9.00. The van der Waals surface area contributed by atoms with Crippen LogP contribution < -0.4 is 0 Å². The van der Waals surface area contributed by atoms with E-state index in [9.17, 15) is 13.2 Å². The van der Waals surface area contributed by atoms with E-state index in [1.807, 2.05) is 12.1 Å². The number of fused-ring (bicyclic) bond motifs is 1. The number of aryl methyl sites for hydroxylation is 1. The fourth-order valence-corrected chi connectivity index (χ4v) is 5.71. The van der Waals surface area contributed by atoms with Crippen molar-refractivity contribution in [1.82, 2.24) is 0 Å². The van der Waals surface area contributed by atoms with Gasteiger partial charge in [0.1, 0.15) is 23.1 Å². The first-order valence-corrected chi connectivity index (χ1v) is 11.0. The Labute approximate surface area is 184 Å². The van der Waals surface area contributed by atoms with Crippen molar-refractivity contribution in [2.75, 3.05) is 0 Å². The van der Waals surface area contributed by atoms with Crippen LogP contribution in [0.2, 0.25) is 0 Å². The molecule has 0 unspecified atom stereocenters. The van der Waals surface area contributed by atoms with E-state index in [1.54, 1.807) is 11.3 Å². The number of thiocarbonyl (C=S) groups is 1. The summed E-state index contributed by atoms with van der Waals surface area (Å²) in [6.07, 6.45) is 3.74. The minimum atomic E-state index is -0.751. The molecule has 2 heterocycles. The van der Waals surface area contributed by atoms with Crippen molar-refractivity contribution in [2.45, 2.75) is 12.8 Å². The summed E-state index contributed by atoms with van der Waals surface area (Å²) in [7, 11) is 0. The van der Waals surface area contributed by atoms with Crippen LogP contribution in [0.4, 0.5) is 18.9 Å². The molecule has 0 fully saturated rings. The molecule has 0 saturated carbocycles. The number of hydrogen-bond acceptors (Lipinski definition) is 4. The highest BCUT2D eigenvalue weighted by molar-refractivity contribution is 7.78. The molecular formula is C23H14F3NS3. The SMILES string of the molecule is C=CCCc1cc2sc(-c3cc(F)c(-c4ccc(N=C=S)c(F)c4)c(F)c3)cc2s1. The summed E-state index contributed by atoms with van der Waals surface area (Å²) in [5.41, 5.74) is 0.242. The zero-order valence-corrected chi connectivity index (χ0v) is 18.0. The van der Waals surface area contributed by atoms with Crippen LogP contribution in [0.1, 0.15) is 11.3 Å². The number of thiophene rings is 2. The molecule has 1 nitrogen and oxygen atoms in total. The van der Waals surface area contributed by atoms with Gasteiger partial charge in [-0.25, -0.2) is 13.2 Å². The van der Waals surface area contributed by atoms with Crippen molar-refractivity contribution in [3.8, 4) is 21.6 Å². The van der Waals surface area contributed by atoms with Gasteiger partial charge >= 0.3 is 0 Å². The third kappa shape index (κ3) is 4.02. The quantitative estimate of drug-likeness (QED) is 0.160. The molecule has 0 radical (unpaired) electrons. The van der Waals surface area contributed by atoms with E-state index in [0.717, 1.165) is 33.2 Å². The summed E-state index contributed by atoms with van der Waals surface area (Å²) in [4.78, 5) is 5.63. The molecular weight excluding hydrogens is 443 g/mol. The summed E-state index contributed by atoms with van der Waals surface area (Å²) in [5, 5.41) is 2.07. The zero-order valence-electron chi connectivity index (χ0n) is 15.5. The van der Waals surface area contributed by atoms with Crippen molar-refractivity contribution < 1.29 is 13.2 Å². The van der Waals surface area contributed by atoms with E-state index in [4.69, 9.17) is 0 Å². The van der Waals surface area contributed by atoms with E-state index < -0.39 is 17.5 Å². The van der Waals surface area contributed by atoms with Gasteiger partial charge in [0, 0.05) is 19.2 Å². The van der Waals surface area contributed by atoms with E-state index in [-0.39, 0.29) is 16.8 Å². The summed E-state index contributed by atoms with van der Waals surface area (Å²) < 4.78 is 45.9. The van der Waals surface area contributed by atoms with Gasteiger partial charge in [-0.05, 0) is 72.6 Å². The largest absolute Gasteiger partial charge is 0.206 e. The lowest BCUT2D eigenvalue weighted by atomic mass is 10.0. The Morgan fingerprint density at radius 3 is 2.27 bits per heavy atom. The molecule has 0 atom stereocenters. The van der Waals surface area contributed by atoms with Crippen molar-refractivity contribution in [1.29, 1.82) is 0 Å². The molecule has 30 heavy (non-hydrogen) atoms. The number of benzene rings is 2. The Balaban J connectivity index is 1.69. The predicted octanol–water partition coefficient (Wildman–Crippen LogP) is 8.57. The highest BCUT2D eigenvalue weighted by atomic mass is 32.1. The predicted molar refractivity (Wildman–Crippen MR) is 124 cm³/mol. The van der Waals surface area contributed by atoms with Gasteiger partial charge in [0.05, 0.1) is 10.7 Å². The monoisotopic (exact) mass is 457 g/mol. The lowest BCUT2D eigenvalue weighted by Crippen LogP contribution is -1.92. The second-order valence-corrected chi connectivity index (χ2v) is 9.00. The molecule has 150 valence electrons. The molecule has 4 aromatic rings. The van der Waals surface area contributed by atoms with Crippen molar-refractivity contribution >= 4 is 55.1 Å². The fourth-order valence-electron chi connectivity index (χ4n) is 3.19. The minimum absolute atomic E-state index is 0.0303.